The summed E-state index contributed by atoms with van der Waals surface area (Å²) >= 11 is 12.7. The van der Waals surface area contributed by atoms with Crippen LogP contribution in [0, 0.1) is 5.92 Å². The summed E-state index contributed by atoms with van der Waals surface area (Å²) in [7, 11) is 1.37. The monoisotopic (exact) mass is 286 g/mol. The molecule has 0 N–H and O–H groups in total. The zero-order valence-corrected chi connectivity index (χ0v) is 12.1. The summed E-state index contributed by atoms with van der Waals surface area (Å²) in [5.41, 5.74) is 3.04. The number of carbonyl (C=O) groups excluding carboxylic acids is 1. The lowest BCUT2D eigenvalue weighted by molar-refractivity contribution is -0.139. The van der Waals surface area contributed by atoms with Crippen molar-refractivity contribution >= 4 is 29.2 Å². The number of methoxy groups -OCH3 is 1. The van der Waals surface area contributed by atoms with Gasteiger partial charge in [0.25, 0.3) is 0 Å². The summed E-state index contributed by atoms with van der Waals surface area (Å²) in [5.74, 6) is 0.321. The Morgan fingerprint density at radius 3 is 2.67 bits per heavy atom. The molecule has 1 unspecified atom stereocenters. The number of rotatable bonds is 3. The summed E-state index contributed by atoms with van der Waals surface area (Å²) in [6.07, 6.45) is 3.25. The molecule has 1 aliphatic carbocycles. The fourth-order valence-corrected chi connectivity index (χ4v) is 3.14. The molecule has 0 bridgehead atoms. The van der Waals surface area contributed by atoms with E-state index >= 15 is 0 Å². The predicted molar refractivity (Wildman–Crippen MR) is 73.4 cm³/mol. The molecule has 18 heavy (non-hydrogen) atoms. The van der Waals surface area contributed by atoms with Crippen molar-refractivity contribution in [3.63, 3.8) is 0 Å². The van der Waals surface area contributed by atoms with E-state index in [2.05, 4.69) is 11.7 Å². The summed E-state index contributed by atoms with van der Waals surface area (Å²) in [6.45, 7) is 2.17. The molecule has 98 valence electrons. The third-order valence-electron chi connectivity index (χ3n) is 3.63. The second-order valence-electron chi connectivity index (χ2n) is 4.72. The van der Waals surface area contributed by atoms with Crippen LogP contribution in [0.25, 0.3) is 0 Å². The van der Waals surface area contributed by atoms with E-state index in [1.165, 1.54) is 7.11 Å². The molecule has 0 saturated heterocycles. The van der Waals surface area contributed by atoms with Crippen molar-refractivity contribution in [2.45, 2.75) is 32.6 Å². The molecular weight excluding hydrogens is 271 g/mol. The average molecular weight is 287 g/mol. The van der Waals surface area contributed by atoms with Gasteiger partial charge in [-0.2, -0.15) is 0 Å². The fourth-order valence-electron chi connectivity index (χ4n) is 2.50. The molecular formula is C14H16Cl2O2. The number of esters is 1. The first-order valence-corrected chi connectivity index (χ1v) is 6.87. The SMILES string of the molecule is CCC1Cc2c(Cl)cc(CC(=O)OC)c(Cl)c2C1. The van der Waals surface area contributed by atoms with Gasteiger partial charge >= 0.3 is 5.97 Å². The van der Waals surface area contributed by atoms with E-state index in [9.17, 15) is 4.79 Å². The van der Waals surface area contributed by atoms with E-state index in [0.29, 0.717) is 10.9 Å². The Labute approximate surface area is 117 Å². The van der Waals surface area contributed by atoms with Crippen LogP contribution in [-0.2, 0) is 28.8 Å². The van der Waals surface area contributed by atoms with Crippen molar-refractivity contribution in [1.29, 1.82) is 0 Å². The van der Waals surface area contributed by atoms with E-state index in [1.807, 2.05) is 0 Å². The molecule has 2 nitrogen and oxygen atoms in total. The summed E-state index contributed by atoms with van der Waals surface area (Å²) in [6, 6.07) is 1.80. The van der Waals surface area contributed by atoms with Gasteiger partial charge in [0.05, 0.1) is 13.5 Å². The van der Waals surface area contributed by atoms with Gasteiger partial charge in [0.1, 0.15) is 0 Å². The minimum absolute atomic E-state index is 0.180. The quantitative estimate of drug-likeness (QED) is 0.790. The van der Waals surface area contributed by atoms with Crippen molar-refractivity contribution in [1.82, 2.24) is 0 Å². The molecule has 0 radical (unpaired) electrons. The molecule has 0 heterocycles. The Kier molecular flexibility index (Phi) is 4.18. The molecule has 2 rings (SSSR count). The Hall–Kier alpha value is -0.730. The molecule has 0 aliphatic heterocycles. The van der Waals surface area contributed by atoms with E-state index in [-0.39, 0.29) is 12.4 Å². The number of hydrogen-bond acceptors (Lipinski definition) is 2. The standard InChI is InChI=1S/C14H16Cl2O2/c1-3-8-4-10-11(5-8)14(16)9(6-12(10)15)7-13(17)18-2/h6,8H,3-5,7H2,1-2H3. The molecule has 1 atom stereocenters. The van der Waals surface area contributed by atoms with Gasteiger partial charge in [-0.25, -0.2) is 0 Å². The third kappa shape index (κ3) is 2.50. The fraction of sp³-hybridized carbons (Fsp3) is 0.500. The zero-order chi connectivity index (χ0) is 13.3. The number of carbonyl (C=O) groups is 1. The number of halogens is 2. The zero-order valence-electron chi connectivity index (χ0n) is 10.6. The van der Waals surface area contributed by atoms with E-state index < -0.39 is 0 Å². The lowest BCUT2D eigenvalue weighted by atomic mass is 10.0. The number of hydrogen-bond donors (Lipinski definition) is 0. The highest BCUT2D eigenvalue weighted by molar-refractivity contribution is 6.35. The van der Waals surface area contributed by atoms with Crippen LogP contribution in [0.4, 0.5) is 0 Å². The van der Waals surface area contributed by atoms with Crippen LogP contribution in [0.3, 0.4) is 0 Å². The van der Waals surface area contributed by atoms with Crippen LogP contribution in [0.15, 0.2) is 6.07 Å². The van der Waals surface area contributed by atoms with Gasteiger partial charge in [0.15, 0.2) is 0 Å². The predicted octanol–water partition coefficient (Wildman–Crippen LogP) is 3.83. The molecule has 0 amide bonds. The van der Waals surface area contributed by atoms with Gasteiger partial charge < -0.3 is 4.74 Å². The first-order valence-electron chi connectivity index (χ1n) is 6.12. The molecule has 4 heteroatoms. The normalized spacial score (nSPS) is 17.7. The molecule has 0 fully saturated rings. The Morgan fingerprint density at radius 1 is 1.39 bits per heavy atom. The lowest BCUT2D eigenvalue weighted by Crippen LogP contribution is -2.06. The minimum Gasteiger partial charge on any atom is -0.469 e. The van der Waals surface area contributed by atoms with Crippen LogP contribution < -0.4 is 0 Å². The van der Waals surface area contributed by atoms with Crippen LogP contribution in [0.5, 0.6) is 0 Å². The van der Waals surface area contributed by atoms with Gasteiger partial charge in [0.2, 0.25) is 0 Å². The van der Waals surface area contributed by atoms with Crippen LogP contribution >= 0.6 is 23.2 Å². The molecule has 0 saturated carbocycles. The maximum absolute atomic E-state index is 11.3. The van der Waals surface area contributed by atoms with Crippen LogP contribution in [-0.4, -0.2) is 13.1 Å². The second-order valence-corrected chi connectivity index (χ2v) is 5.51. The summed E-state index contributed by atoms with van der Waals surface area (Å²) in [4.78, 5) is 11.3. The van der Waals surface area contributed by atoms with E-state index in [0.717, 1.165) is 41.0 Å². The van der Waals surface area contributed by atoms with Gasteiger partial charge in [-0.3, -0.25) is 4.79 Å². The summed E-state index contributed by atoms with van der Waals surface area (Å²) in [5, 5.41) is 1.42. The summed E-state index contributed by atoms with van der Waals surface area (Å²) < 4.78 is 4.67. The smallest absolute Gasteiger partial charge is 0.310 e. The van der Waals surface area contributed by atoms with Crippen LogP contribution in [0.2, 0.25) is 10.0 Å². The molecule has 0 aromatic heterocycles. The van der Waals surface area contributed by atoms with E-state index in [4.69, 9.17) is 23.2 Å². The van der Waals surface area contributed by atoms with E-state index in [1.54, 1.807) is 6.07 Å². The van der Waals surface area contributed by atoms with Crippen molar-refractivity contribution in [2.75, 3.05) is 7.11 Å². The first kappa shape index (κ1) is 13.7. The van der Waals surface area contributed by atoms with Crippen LogP contribution in [0.1, 0.15) is 30.0 Å². The van der Waals surface area contributed by atoms with Gasteiger partial charge in [0, 0.05) is 10.0 Å². The molecule has 1 aromatic rings. The van der Waals surface area contributed by atoms with Gasteiger partial charge in [-0.05, 0) is 41.5 Å². The highest BCUT2D eigenvalue weighted by Crippen LogP contribution is 2.40. The largest absolute Gasteiger partial charge is 0.469 e. The molecule has 0 spiro atoms. The maximum Gasteiger partial charge on any atom is 0.310 e. The van der Waals surface area contributed by atoms with Crippen molar-refractivity contribution in [3.05, 3.63) is 32.8 Å². The highest BCUT2D eigenvalue weighted by atomic mass is 35.5. The first-order chi connectivity index (χ1) is 8.56. The number of fused-ring (bicyclic) bond motifs is 1. The topological polar surface area (TPSA) is 26.3 Å². The second kappa shape index (κ2) is 5.50. The average Bonchev–Trinajstić information content (AvgIpc) is 2.80. The molecule has 1 aromatic carbocycles. The lowest BCUT2D eigenvalue weighted by Gasteiger charge is -2.10. The van der Waals surface area contributed by atoms with Crippen molar-refractivity contribution in [3.8, 4) is 0 Å². The van der Waals surface area contributed by atoms with Gasteiger partial charge in [-0.1, -0.05) is 36.5 Å². The van der Waals surface area contributed by atoms with Gasteiger partial charge in [-0.15, -0.1) is 0 Å². The number of benzene rings is 1. The minimum atomic E-state index is -0.294. The Bertz CT molecular complexity index is 483. The van der Waals surface area contributed by atoms with Crippen molar-refractivity contribution < 1.29 is 9.53 Å². The third-order valence-corrected chi connectivity index (χ3v) is 4.43. The molecule has 1 aliphatic rings. The Morgan fingerprint density at radius 2 is 2.06 bits per heavy atom. The maximum atomic E-state index is 11.3. The highest BCUT2D eigenvalue weighted by Gasteiger charge is 2.26. The Balaban J connectivity index is 2.37. The van der Waals surface area contributed by atoms with Crippen molar-refractivity contribution in [2.24, 2.45) is 5.92 Å². The number of ether oxygens (including phenoxy) is 1.